The quantitative estimate of drug-likeness (QED) is 0.534. The van der Waals surface area contributed by atoms with Gasteiger partial charge in [-0.1, -0.05) is 54.1 Å². The highest BCUT2D eigenvalue weighted by Crippen LogP contribution is 2.44. The predicted octanol–water partition coefficient (Wildman–Crippen LogP) is 4.98. The number of aryl methyl sites for hydroxylation is 2. The smallest absolute Gasteiger partial charge is 0.252 e. The van der Waals surface area contributed by atoms with Crippen molar-refractivity contribution in [1.29, 1.82) is 0 Å². The Morgan fingerprint density at radius 2 is 1.75 bits per heavy atom. The molecular weight excluding hydrogens is 454 g/mol. The Morgan fingerprint density at radius 1 is 1.00 bits per heavy atom. The molecule has 0 aromatic heterocycles. The molecule has 2 aliphatic carbocycles. The van der Waals surface area contributed by atoms with Gasteiger partial charge in [-0.15, -0.1) is 0 Å². The van der Waals surface area contributed by atoms with Gasteiger partial charge in [0.2, 0.25) is 0 Å². The van der Waals surface area contributed by atoms with E-state index in [0.717, 1.165) is 16.7 Å². The zero-order valence-electron chi connectivity index (χ0n) is 21.9. The van der Waals surface area contributed by atoms with Crippen molar-refractivity contribution in [3.63, 3.8) is 0 Å². The van der Waals surface area contributed by atoms with Crippen molar-refractivity contribution < 1.29 is 23.7 Å². The van der Waals surface area contributed by atoms with Crippen molar-refractivity contribution in [3.05, 3.63) is 70.8 Å². The number of fused-ring (bicyclic) bond motifs is 1. The maximum atomic E-state index is 13.8. The molecule has 194 valence electrons. The van der Waals surface area contributed by atoms with Crippen molar-refractivity contribution in [2.75, 3.05) is 6.54 Å². The minimum Gasteiger partial charge on any atom is -0.371 e. The molecule has 6 nitrogen and oxygen atoms in total. The average molecular weight is 494 g/mol. The van der Waals surface area contributed by atoms with E-state index in [1.165, 1.54) is 18.4 Å². The van der Waals surface area contributed by atoms with Crippen LogP contribution in [0.3, 0.4) is 0 Å². The Kier molecular flexibility index (Phi) is 7.23. The summed E-state index contributed by atoms with van der Waals surface area (Å²) in [6.07, 6.45) is 2.33. The summed E-state index contributed by atoms with van der Waals surface area (Å²) in [6.45, 7) is 9.48. The van der Waals surface area contributed by atoms with Gasteiger partial charge in [0.15, 0.2) is 11.4 Å². The van der Waals surface area contributed by atoms with E-state index in [0.29, 0.717) is 38.5 Å². The van der Waals surface area contributed by atoms with Crippen LogP contribution in [0.25, 0.3) is 0 Å². The monoisotopic (exact) mass is 493 g/mol. The average Bonchev–Trinajstić information content (AvgIpc) is 3.62. The minimum atomic E-state index is -1.06. The molecule has 2 aromatic rings. The van der Waals surface area contributed by atoms with Crippen LogP contribution in [0, 0.1) is 19.8 Å². The second-order valence-corrected chi connectivity index (χ2v) is 11.2. The Labute approximate surface area is 214 Å². The van der Waals surface area contributed by atoms with Crippen molar-refractivity contribution in [1.82, 2.24) is 5.32 Å². The summed E-state index contributed by atoms with van der Waals surface area (Å²) in [5.74, 6) is -0.229. The van der Waals surface area contributed by atoms with Crippen LogP contribution in [0.15, 0.2) is 48.5 Å². The lowest BCUT2D eigenvalue weighted by atomic mass is 9.78. The Morgan fingerprint density at radius 3 is 2.47 bits per heavy atom. The zero-order valence-corrected chi connectivity index (χ0v) is 21.9. The molecular formula is C30H39NO5. The predicted molar refractivity (Wildman–Crippen MR) is 137 cm³/mol. The highest BCUT2D eigenvalue weighted by atomic mass is 16.8. The van der Waals surface area contributed by atoms with E-state index in [-0.39, 0.29) is 24.2 Å². The van der Waals surface area contributed by atoms with Gasteiger partial charge in [0.25, 0.3) is 5.91 Å². The number of nitrogens with one attached hydrogen (secondary N) is 1. The van der Waals surface area contributed by atoms with Gasteiger partial charge < -0.3 is 24.3 Å². The molecule has 4 atom stereocenters. The summed E-state index contributed by atoms with van der Waals surface area (Å²) in [6, 6.07) is 16.5. The molecule has 2 aromatic carbocycles. The molecule has 0 bridgehead atoms. The van der Waals surface area contributed by atoms with Crippen LogP contribution in [-0.4, -0.2) is 42.2 Å². The lowest BCUT2D eigenvalue weighted by Gasteiger charge is -2.43. The highest BCUT2D eigenvalue weighted by molar-refractivity contribution is 5.85. The molecule has 36 heavy (non-hydrogen) atoms. The molecule has 0 radical (unpaired) electrons. The fourth-order valence-corrected chi connectivity index (χ4v) is 5.30. The van der Waals surface area contributed by atoms with Crippen LogP contribution >= 0.6 is 0 Å². The third-order valence-corrected chi connectivity index (χ3v) is 7.66. The molecule has 5 rings (SSSR count). The number of benzene rings is 2. The lowest BCUT2D eigenvalue weighted by Crippen LogP contribution is -2.60. The maximum absolute atomic E-state index is 13.8. The van der Waals surface area contributed by atoms with Gasteiger partial charge >= 0.3 is 0 Å². The first kappa shape index (κ1) is 25.4. The van der Waals surface area contributed by atoms with Crippen molar-refractivity contribution in [2.45, 2.75) is 96.3 Å². The SMILES string of the molecule is Cc1ccc(CO[C@@H]2C[C@](OCc3ccccc3C)(C(=O)NCC3CC3)C[C@H]3OC(C)(C)O[C@@H]23)cc1. The topological polar surface area (TPSA) is 66.0 Å². The third kappa shape index (κ3) is 5.83. The summed E-state index contributed by atoms with van der Waals surface area (Å²) in [4.78, 5) is 13.8. The number of carbonyl (C=O) groups is 1. The first-order valence-electron chi connectivity index (χ1n) is 13.2. The highest BCUT2D eigenvalue weighted by Gasteiger charge is 2.58. The van der Waals surface area contributed by atoms with Crippen molar-refractivity contribution >= 4 is 5.91 Å². The standard InChI is InChI=1S/C30H39NO5/c1-20-9-11-23(12-10-20)18-33-25-15-30(28(32)31-17-22-13-14-22,16-26-27(25)36-29(3,4)35-26)34-19-24-8-6-5-7-21(24)2/h5-12,22,25-27H,13-19H2,1-4H3,(H,31,32)/t25-,26-,27+,30-/m1/s1. The van der Waals surface area contributed by atoms with Gasteiger partial charge in [-0.2, -0.15) is 0 Å². The van der Waals surface area contributed by atoms with Gasteiger partial charge in [-0.05, 0) is 63.1 Å². The van der Waals surface area contributed by atoms with E-state index in [9.17, 15) is 4.79 Å². The van der Waals surface area contributed by atoms with Crippen LogP contribution in [0.4, 0.5) is 0 Å². The molecule has 3 aliphatic rings. The second kappa shape index (κ2) is 10.3. The molecule has 1 saturated heterocycles. The van der Waals surface area contributed by atoms with E-state index in [4.69, 9.17) is 18.9 Å². The van der Waals surface area contributed by atoms with Gasteiger partial charge in [0.1, 0.15) is 6.10 Å². The first-order chi connectivity index (χ1) is 17.2. The van der Waals surface area contributed by atoms with E-state index in [1.807, 2.05) is 26.0 Å². The zero-order chi connectivity index (χ0) is 25.3. The third-order valence-electron chi connectivity index (χ3n) is 7.66. The summed E-state index contributed by atoms with van der Waals surface area (Å²) >= 11 is 0. The maximum Gasteiger partial charge on any atom is 0.252 e. The number of carbonyl (C=O) groups excluding carboxylic acids is 1. The van der Waals surface area contributed by atoms with Crippen LogP contribution in [0.2, 0.25) is 0 Å². The molecule has 1 amide bonds. The number of rotatable bonds is 9. The molecule has 0 unspecified atom stereocenters. The van der Waals surface area contributed by atoms with E-state index in [1.54, 1.807) is 0 Å². The van der Waals surface area contributed by atoms with E-state index in [2.05, 4.69) is 55.6 Å². The Hall–Kier alpha value is -2.25. The van der Waals surface area contributed by atoms with Crippen LogP contribution in [-0.2, 0) is 37.0 Å². The van der Waals surface area contributed by atoms with E-state index < -0.39 is 11.4 Å². The van der Waals surface area contributed by atoms with Crippen molar-refractivity contribution in [2.24, 2.45) is 5.92 Å². The summed E-state index contributed by atoms with van der Waals surface area (Å²) in [5.41, 5.74) is 3.47. The first-order valence-corrected chi connectivity index (χ1v) is 13.2. The molecule has 2 saturated carbocycles. The lowest BCUT2D eigenvalue weighted by molar-refractivity contribution is -0.183. The van der Waals surface area contributed by atoms with Gasteiger partial charge in [-0.3, -0.25) is 4.79 Å². The normalized spacial score (nSPS) is 29.1. The van der Waals surface area contributed by atoms with Gasteiger partial charge in [0.05, 0.1) is 25.4 Å². The van der Waals surface area contributed by atoms with Crippen LogP contribution in [0.1, 0.15) is 61.8 Å². The largest absolute Gasteiger partial charge is 0.371 e. The summed E-state index contributed by atoms with van der Waals surface area (Å²) in [7, 11) is 0. The molecule has 1 aliphatic heterocycles. The number of ether oxygens (including phenoxy) is 4. The van der Waals surface area contributed by atoms with E-state index >= 15 is 0 Å². The van der Waals surface area contributed by atoms with Gasteiger partial charge in [0, 0.05) is 19.4 Å². The Balaban J connectivity index is 1.39. The molecule has 3 fully saturated rings. The van der Waals surface area contributed by atoms with Crippen LogP contribution < -0.4 is 5.32 Å². The number of hydrogen-bond donors (Lipinski definition) is 1. The molecule has 1 heterocycles. The number of hydrogen-bond acceptors (Lipinski definition) is 5. The fourth-order valence-electron chi connectivity index (χ4n) is 5.30. The fraction of sp³-hybridized carbons (Fsp3) is 0.567. The summed E-state index contributed by atoms with van der Waals surface area (Å²) in [5, 5.41) is 3.19. The summed E-state index contributed by atoms with van der Waals surface area (Å²) < 4.78 is 25.7. The van der Waals surface area contributed by atoms with Gasteiger partial charge in [-0.25, -0.2) is 0 Å². The number of amides is 1. The molecule has 6 heteroatoms. The minimum absolute atomic E-state index is 0.0707. The Bertz CT molecular complexity index is 1060. The van der Waals surface area contributed by atoms with Crippen molar-refractivity contribution in [3.8, 4) is 0 Å². The molecule has 1 N–H and O–H groups in total. The second-order valence-electron chi connectivity index (χ2n) is 11.2. The molecule has 0 spiro atoms. The van der Waals surface area contributed by atoms with Crippen LogP contribution in [0.5, 0.6) is 0 Å².